The topological polar surface area (TPSA) is 24.9 Å². The molecule has 1 fully saturated rings. The van der Waals surface area contributed by atoms with Crippen molar-refractivity contribution in [2.45, 2.75) is 22.9 Å². The molecule has 0 radical (unpaired) electrons. The van der Waals surface area contributed by atoms with Crippen LogP contribution >= 0.6 is 23.1 Å². The van der Waals surface area contributed by atoms with Crippen LogP contribution in [-0.2, 0) is 0 Å². The fourth-order valence-electron chi connectivity index (χ4n) is 1.26. The summed E-state index contributed by atoms with van der Waals surface area (Å²) in [5.74, 6) is 0. The number of nitrogens with zero attached hydrogens (tertiary/aromatic N) is 1. The quantitative estimate of drug-likeness (QED) is 0.789. The third-order valence-electron chi connectivity index (χ3n) is 1.88. The average molecular weight is 200 g/mol. The lowest BCUT2D eigenvalue weighted by atomic mass is 10.4. The average Bonchev–Trinajstić information content (AvgIpc) is 2.63. The van der Waals surface area contributed by atoms with E-state index < -0.39 is 0 Å². The molecule has 0 amide bonds. The molecule has 0 unspecified atom stereocenters. The first kappa shape index (κ1) is 8.53. The number of hydrogen-bond donors (Lipinski definition) is 1. The molecular formula is C8H12N2S2. The Morgan fingerprint density at radius 1 is 1.75 bits per heavy atom. The highest BCUT2D eigenvalue weighted by Crippen LogP contribution is 2.29. The molecule has 1 saturated heterocycles. The van der Waals surface area contributed by atoms with E-state index in [9.17, 15) is 0 Å². The zero-order chi connectivity index (χ0) is 8.39. The van der Waals surface area contributed by atoms with E-state index in [-0.39, 0.29) is 0 Å². The van der Waals surface area contributed by atoms with Gasteiger partial charge in [0.2, 0.25) is 0 Å². The van der Waals surface area contributed by atoms with Crippen LogP contribution < -0.4 is 5.32 Å². The maximum absolute atomic E-state index is 4.43. The number of hydrogen-bond acceptors (Lipinski definition) is 4. The Morgan fingerprint density at radius 3 is 3.25 bits per heavy atom. The highest BCUT2D eigenvalue weighted by Gasteiger charge is 2.16. The molecule has 1 atom stereocenters. The summed E-state index contributed by atoms with van der Waals surface area (Å²) in [6.45, 7) is 4.36. The Morgan fingerprint density at radius 2 is 2.67 bits per heavy atom. The van der Waals surface area contributed by atoms with Crippen LogP contribution in [0.2, 0.25) is 0 Å². The van der Waals surface area contributed by atoms with Crippen LogP contribution in [0.4, 0.5) is 0 Å². The van der Waals surface area contributed by atoms with Crippen molar-refractivity contribution in [1.29, 1.82) is 0 Å². The largest absolute Gasteiger partial charge is 0.316 e. The van der Waals surface area contributed by atoms with Crippen LogP contribution in [0, 0.1) is 6.92 Å². The van der Waals surface area contributed by atoms with Gasteiger partial charge >= 0.3 is 0 Å². The number of nitrogens with one attached hydrogen (secondary N) is 1. The van der Waals surface area contributed by atoms with E-state index in [1.54, 1.807) is 11.3 Å². The third kappa shape index (κ3) is 2.00. The smallest absolute Gasteiger partial charge is 0.150 e. The van der Waals surface area contributed by atoms with Crippen molar-refractivity contribution in [2.75, 3.05) is 13.1 Å². The fraction of sp³-hybridized carbons (Fsp3) is 0.625. The van der Waals surface area contributed by atoms with Gasteiger partial charge in [-0.1, -0.05) is 11.8 Å². The lowest BCUT2D eigenvalue weighted by molar-refractivity contribution is 0.858. The van der Waals surface area contributed by atoms with Crippen molar-refractivity contribution in [3.8, 4) is 0 Å². The van der Waals surface area contributed by atoms with Crippen molar-refractivity contribution in [3.63, 3.8) is 0 Å². The molecule has 1 aliphatic heterocycles. The maximum atomic E-state index is 4.43. The molecule has 1 aliphatic rings. The van der Waals surface area contributed by atoms with Crippen molar-refractivity contribution in [2.24, 2.45) is 0 Å². The van der Waals surface area contributed by atoms with Crippen LogP contribution in [0.25, 0.3) is 0 Å². The van der Waals surface area contributed by atoms with Gasteiger partial charge in [-0.05, 0) is 19.9 Å². The molecule has 4 heteroatoms. The minimum atomic E-state index is 0.746. The molecular weight excluding hydrogens is 188 g/mol. The van der Waals surface area contributed by atoms with Crippen LogP contribution in [0.3, 0.4) is 0 Å². The molecule has 1 aromatic rings. The molecule has 12 heavy (non-hydrogen) atoms. The second-order valence-corrected chi connectivity index (χ2v) is 5.39. The molecule has 66 valence electrons. The normalized spacial score (nSPS) is 23.2. The van der Waals surface area contributed by atoms with Crippen molar-refractivity contribution < 1.29 is 0 Å². The van der Waals surface area contributed by atoms with Gasteiger partial charge in [-0.3, -0.25) is 0 Å². The van der Waals surface area contributed by atoms with Gasteiger partial charge < -0.3 is 5.32 Å². The first-order valence-corrected chi connectivity index (χ1v) is 5.90. The number of aryl methyl sites for hydroxylation is 1. The minimum absolute atomic E-state index is 0.746. The summed E-state index contributed by atoms with van der Waals surface area (Å²) in [6, 6.07) is 0. The predicted molar refractivity (Wildman–Crippen MR) is 54.0 cm³/mol. The molecule has 0 saturated carbocycles. The first-order valence-electron chi connectivity index (χ1n) is 4.14. The van der Waals surface area contributed by atoms with Crippen LogP contribution in [0.1, 0.15) is 12.1 Å². The zero-order valence-electron chi connectivity index (χ0n) is 7.04. The van der Waals surface area contributed by atoms with Crippen molar-refractivity contribution in [1.82, 2.24) is 10.3 Å². The maximum Gasteiger partial charge on any atom is 0.150 e. The standard InChI is InChI=1S/C8H12N2S2/c1-6-5-11-8(10-6)12-7-2-3-9-4-7/h5,7,9H,2-4H2,1H3/t7-/m1/s1. The monoisotopic (exact) mass is 200 g/mol. The number of rotatable bonds is 2. The van der Waals surface area contributed by atoms with Gasteiger partial charge in [0, 0.05) is 22.9 Å². The molecule has 0 aromatic carbocycles. The SMILES string of the molecule is Cc1csc(S[C@@H]2CCNC2)n1. The van der Waals surface area contributed by atoms with E-state index in [1.165, 1.54) is 17.3 Å². The molecule has 1 aromatic heterocycles. The summed E-state index contributed by atoms with van der Waals surface area (Å²) in [4.78, 5) is 4.43. The van der Waals surface area contributed by atoms with Crippen molar-refractivity contribution in [3.05, 3.63) is 11.1 Å². The van der Waals surface area contributed by atoms with Gasteiger partial charge in [0.1, 0.15) is 4.34 Å². The summed E-state index contributed by atoms with van der Waals surface area (Å²) in [5, 5.41) is 6.22. The second kappa shape index (κ2) is 3.77. The number of aromatic nitrogens is 1. The summed E-state index contributed by atoms with van der Waals surface area (Å²) in [5.41, 5.74) is 1.15. The van der Waals surface area contributed by atoms with Gasteiger partial charge in [-0.15, -0.1) is 11.3 Å². The lowest BCUT2D eigenvalue weighted by Crippen LogP contribution is -2.09. The van der Waals surface area contributed by atoms with E-state index in [4.69, 9.17) is 0 Å². The van der Waals surface area contributed by atoms with Gasteiger partial charge in [0.25, 0.3) is 0 Å². The highest BCUT2D eigenvalue weighted by atomic mass is 32.2. The number of thiazole rings is 1. The lowest BCUT2D eigenvalue weighted by Gasteiger charge is -2.02. The van der Waals surface area contributed by atoms with E-state index in [1.807, 2.05) is 18.7 Å². The zero-order valence-corrected chi connectivity index (χ0v) is 8.67. The van der Waals surface area contributed by atoms with Gasteiger partial charge in [0.15, 0.2) is 0 Å². The van der Waals surface area contributed by atoms with Gasteiger partial charge in [-0.25, -0.2) is 4.98 Å². The van der Waals surface area contributed by atoms with E-state index >= 15 is 0 Å². The molecule has 2 rings (SSSR count). The highest BCUT2D eigenvalue weighted by molar-refractivity contribution is 8.01. The first-order chi connectivity index (χ1) is 5.84. The minimum Gasteiger partial charge on any atom is -0.316 e. The fourth-order valence-corrected chi connectivity index (χ4v) is 3.47. The molecule has 0 aliphatic carbocycles. The molecule has 2 nitrogen and oxygen atoms in total. The Kier molecular flexibility index (Phi) is 2.68. The van der Waals surface area contributed by atoms with Crippen LogP contribution in [0.15, 0.2) is 9.72 Å². The second-order valence-electron chi connectivity index (χ2n) is 2.99. The number of thioether (sulfide) groups is 1. The van der Waals surface area contributed by atoms with Crippen LogP contribution in [-0.4, -0.2) is 23.3 Å². The predicted octanol–water partition coefficient (Wildman–Crippen LogP) is 1.91. The van der Waals surface area contributed by atoms with E-state index in [0.717, 1.165) is 17.5 Å². The Bertz CT molecular complexity index is 253. The summed E-state index contributed by atoms with van der Waals surface area (Å²) < 4.78 is 1.22. The summed E-state index contributed by atoms with van der Waals surface area (Å²) >= 11 is 3.68. The Labute approximate surface area is 80.8 Å². The van der Waals surface area contributed by atoms with Crippen LogP contribution in [0.5, 0.6) is 0 Å². The van der Waals surface area contributed by atoms with Crippen molar-refractivity contribution >= 4 is 23.1 Å². The molecule has 0 bridgehead atoms. The summed E-state index contributed by atoms with van der Waals surface area (Å²) in [7, 11) is 0. The van der Waals surface area contributed by atoms with E-state index in [2.05, 4.69) is 15.7 Å². The third-order valence-corrected chi connectivity index (χ3v) is 4.24. The Hall–Kier alpha value is -0.0600. The molecule has 2 heterocycles. The molecule has 0 spiro atoms. The van der Waals surface area contributed by atoms with E-state index in [0.29, 0.717) is 0 Å². The van der Waals surface area contributed by atoms with Gasteiger partial charge in [-0.2, -0.15) is 0 Å². The Balaban J connectivity index is 1.94. The summed E-state index contributed by atoms with van der Waals surface area (Å²) in [6.07, 6.45) is 1.28. The van der Waals surface area contributed by atoms with Gasteiger partial charge in [0.05, 0.1) is 0 Å². The molecule has 1 N–H and O–H groups in total.